The van der Waals surface area contributed by atoms with Crippen molar-refractivity contribution in [3.8, 4) is 0 Å². The first-order valence-electron chi connectivity index (χ1n) is 5.72. The molecule has 0 bridgehead atoms. The zero-order chi connectivity index (χ0) is 11.8. The third-order valence-corrected chi connectivity index (χ3v) is 2.43. The summed E-state index contributed by atoms with van der Waals surface area (Å²) in [6, 6.07) is 20.5. The highest BCUT2D eigenvalue weighted by atomic mass is 14.7. The summed E-state index contributed by atoms with van der Waals surface area (Å²) in [4.78, 5) is 4.26. The second-order valence-electron chi connectivity index (χ2n) is 3.75. The monoisotopic (exact) mass is 221 g/mol. The molecule has 1 nitrogen and oxygen atoms in total. The van der Waals surface area contributed by atoms with Crippen LogP contribution in [0.15, 0.2) is 71.9 Å². The third kappa shape index (κ3) is 4.07. The summed E-state index contributed by atoms with van der Waals surface area (Å²) < 4.78 is 0. The van der Waals surface area contributed by atoms with E-state index in [0.717, 1.165) is 6.42 Å². The van der Waals surface area contributed by atoms with Crippen molar-refractivity contribution in [1.29, 1.82) is 0 Å². The summed E-state index contributed by atoms with van der Waals surface area (Å²) in [5, 5.41) is 0. The van der Waals surface area contributed by atoms with E-state index in [1.807, 2.05) is 54.9 Å². The van der Waals surface area contributed by atoms with E-state index in [2.05, 4.69) is 29.3 Å². The maximum Gasteiger partial charge on any atom is 0.0269 e. The van der Waals surface area contributed by atoms with Gasteiger partial charge in [0.1, 0.15) is 0 Å². The van der Waals surface area contributed by atoms with Crippen molar-refractivity contribution in [2.45, 2.75) is 6.42 Å². The molecule has 0 aliphatic rings. The van der Waals surface area contributed by atoms with Gasteiger partial charge in [-0.05, 0) is 17.2 Å². The summed E-state index contributed by atoms with van der Waals surface area (Å²) in [7, 11) is 0. The Bertz CT molecular complexity index is 483. The molecule has 84 valence electrons. The summed E-state index contributed by atoms with van der Waals surface area (Å²) in [5.74, 6) is 0. The van der Waals surface area contributed by atoms with Gasteiger partial charge >= 0.3 is 0 Å². The van der Waals surface area contributed by atoms with Gasteiger partial charge in [0.05, 0.1) is 0 Å². The molecule has 0 saturated heterocycles. The van der Waals surface area contributed by atoms with Gasteiger partial charge in [-0.3, -0.25) is 4.99 Å². The highest BCUT2D eigenvalue weighted by Gasteiger charge is 1.85. The molecule has 2 aromatic carbocycles. The maximum atomic E-state index is 4.26. The first kappa shape index (κ1) is 11.3. The second kappa shape index (κ2) is 6.44. The zero-order valence-corrected chi connectivity index (χ0v) is 9.66. The highest BCUT2D eigenvalue weighted by Crippen LogP contribution is 2.01. The smallest absolute Gasteiger partial charge is 0.0269 e. The number of benzene rings is 2. The molecule has 0 saturated carbocycles. The minimum Gasteiger partial charge on any atom is -0.269 e. The van der Waals surface area contributed by atoms with E-state index in [1.165, 1.54) is 11.1 Å². The van der Waals surface area contributed by atoms with E-state index < -0.39 is 0 Å². The summed E-state index contributed by atoms with van der Waals surface area (Å²) in [6.07, 6.45) is 6.63. The van der Waals surface area contributed by atoms with Crippen LogP contribution in [0.25, 0.3) is 6.08 Å². The van der Waals surface area contributed by atoms with Gasteiger partial charge in [-0.15, -0.1) is 0 Å². The van der Waals surface area contributed by atoms with Gasteiger partial charge in [0.2, 0.25) is 0 Å². The predicted molar refractivity (Wildman–Crippen MR) is 74.1 cm³/mol. The average molecular weight is 221 g/mol. The molecule has 0 aliphatic carbocycles. The molecule has 0 unspecified atom stereocenters. The van der Waals surface area contributed by atoms with E-state index in [1.54, 1.807) is 0 Å². The Hall–Kier alpha value is -2.15. The van der Waals surface area contributed by atoms with Crippen LogP contribution in [-0.4, -0.2) is 6.21 Å². The van der Waals surface area contributed by atoms with Crippen molar-refractivity contribution in [3.63, 3.8) is 0 Å². The van der Waals surface area contributed by atoms with Gasteiger partial charge in [-0.2, -0.15) is 0 Å². The molecule has 17 heavy (non-hydrogen) atoms. The lowest BCUT2D eigenvalue weighted by atomic mass is 10.2. The molecule has 0 spiro atoms. The Kier molecular flexibility index (Phi) is 4.29. The Labute approximate surface area is 102 Å². The first-order chi connectivity index (χ1) is 8.45. The van der Waals surface area contributed by atoms with Crippen molar-refractivity contribution in [2.75, 3.05) is 0 Å². The predicted octanol–water partition coefficient (Wildman–Crippen LogP) is 3.97. The molecule has 1 heteroatoms. The Balaban J connectivity index is 1.85. The van der Waals surface area contributed by atoms with Crippen LogP contribution in [0.4, 0.5) is 0 Å². The maximum absolute atomic E-state index is 4.26. The van der Waals surface area contributed by atoms with Gasteiger partial charge in [0, 0.05) is 18.8 Å². The largest absolute Gasteiger partial charge is 0.269 e. The summed E-state index contributed by atoms with van der Waals surface area (Å²) in [6.45, 7) is 0. The quantitative estimate of drug-likeness (QED) is 0.693. The van der Waals surface area contributed by atoms with Crippen LogP contribution in [-0.2, 0) is 6.42 Å². The highest BCUT2D eigenvalue weighted by molar-refractivity contribution is 5.63. The topological polar surface area (TPSA) is 12.4 Å². The summed E-state index contributed by atoms with van der Waals surface area (Å²) >= 11 is 0. The first-order valence-corrected chi connectivity index (χ1v) is 5.72. The van der Waals surface area contributed by atoms with E-state index >= 15 is 0 Å². The molecule has 0 aliphatic heterocycles. The van der Waals surface area contributed by atoms with Gasteiger partial charge in [0.15, 0.2) is 0 Å². The number of hydrogen-bond acceptors (Lipinski definition) is 1. The van der Waals surface area contributed by atoms with Crippen LogP contribution < -0.4 is 0 Å². The number of nitrogens with zero attached hydrogens (tertiary/aromatic N) is 1. The van der Waals surface area contributed by atoms with Gasteiger partial charge in [-0.1, -0.05) is 60.7 Å². The second-order valence-corrected chi connectivity index (χ2v) is 3.75. The molecule has 0 N–H and O–H groups in total. The van der Waals surface area contributed by atoms with Crippen LogP contribution in [0.1, 0.15) is 11.1 Å². The van der Waals surface area contributed by atoms with Crippen LogP contribution in [0.2, 0.25) is 0 Å². The van der Waals surface area contributed by atoms with Crippen molar-refractivity contribution in [1.82, 2.24) is 0 Å². The zero-order valence-electron chi connectivity index (χ0n) is 9.66. The lowest BCUT2D eigenvalue weighted by Crippen LogP contribution is -1.83. The fraction of sp³-hybridized carbons (Fsp3) is 0.0625. The van der Waals surface area contributed by atoms with Crippen molar-refractivity contribution < 1.29 is 0 Å². The van der Waals surface area contributed by atoms with Gasteiger partial charge in [0.25, 0.3) is 0 Å². The lowest BCUT2D eigenvalue weighted by molar-refractivity contribution is 1.35. The molecule has 0 heterocycles. The van der Waals surface area contributed by atoms with Crippen LogP contribution in [0.5, 0.6) is 0 Å². The molecule has 0 radical (unpaired) electrons. The normalized spacial score (nSPS) is 11.3. The summed E-state index contributed by atoms with van der Waals surface area (Å²) in [5.41, 5.74) is 2.45. The Morgan fingerprint density at radius 2 is 1.47 bits per heavy atom. The number of aliphatic imine (C=N–C) groups is 1. The lowest BCUT2D eigenvalue weighted by Gasteiger charge is -1.92. The molecular formula is C16H15N. The number of rotatable bonds is 4. The molecule has 0 aromatic heterocycles. The SMILES string of the molecule is C(=Cc1ccccc1)N=CCc1ccccc1. The third-order valence-electron chi connectivity index (χ3n) is 2.43. The van der Waals surface area contributed by atoms with Crippen molar-refractivity contribution in [3.05, 3.63) is 78.0 Å². The molecule has 0 atom stereocenters. The number of hydrogen-bond donors (Lipinski definition) is 0. The van der Waals surface area contributed by atoms with Crippen molar-refractivity contribution in [2.24, 2.45) is 4.99 Å². The van der Waals surface area contributed by atoms with E-state index in [0.29, 0.717) is 0 Å². The Morgan fingerprint density at radius 1 is 0.824 bits per heavy atom. The van der Waals surface area contributed by atoms with E-state index in [9.17, 15) is 0 Å². The molecular weight excluding hydrogens is 206 g/mol. The van der Waals surface area contributed by atoms with Crippen LogP contribution >= 0.6 is 0 Å². The average Bonchev–Trinajstić information content (AvgIpc) is 2.41. The fourth-order valence-electron chi connectivity index (χ4n) is 1.53. The van der Waals surface area contributed by atoms with Crippen molar-refractivity contribution >= 4 is 12.3 Å². The van der Waals surface area contributed by atoms with Gasteiger partial charge in [-0.25, -0.2) is 0 Å². The fourth-order valence-corrected chi connectivity index (χ4v) is 1.53. The van der Waals surface area contributed by atoms with Crippen LogP contribution in [0, 0.1) is 0 Å². The van der Waals surface area contributed by atoms with E-state index in [-0.39, 0.29) is 0 Å². The standard InChI is InChI=1S/C16H15N/c1-3-7-15(8-4-1)11-13-17-14-12-16-9-5-2-6-10-16/h1-11,13-14H,12H2. The molecule has 2 aromatic rings. The Morgan fingerprint density at radius 3 is 2.18 bits per heavy atom. The molecule has 2 rings (SSSR count). The van der Waals surface area contributed by atoms with E-state index in [4.69, 9.17) is 0 Å². The van der Waals surface area contributed by atoms with Gasteiger partial charge < -0.3 is 0 Å². The minimum absolute atomic E-state index is 0.875. The molecule has 0 amide bonds. The minimum atomic E-state index is 0.875. The van der Waals surface area contributed by atoms with Crippen LogP contribution in [0.3, 0.4) is 0 Å². The molecule has 0 fully saturated rings.